The molecule has 80 heavy (non-hydrogen) atoms. The number of hydrogen-bond donors (Lipinski definition) is 4. The van der Waals surface area contributed by atoms with Crippen molar-refractivity contribution in [3.63, 3.8) is 0 Å². The Kier molecular flexibility index (Phi) is 20.5. The van der Waals surface area contributed by atoms with E-state index in [4.69, 9.17) is 9.41 Å². The fourth-order valence-corrected chi connectivity index (χ4v) is 13.4. The van der Waals surface area contributed by atoms with Crippen molar-refractivity contribution in [1.82, 2.24) is 4.31 Å². The maximum atomic E-state index is 16.2. The first-order valence-electron chi connectivity index (χ1n) is 28.7. The second-order valence-electron chi connectivity index (χ2n) is 24.7. The molecule has 0 saturated heterocycles. The van der Waals surface area contributed by atoms with Crippen LogP contribution in [0.15, 0.2) is 85.9 Å². The van der Waals surface area contributed by atoms with Gasteiger partial charge in [0, 0.05) is 82.9 Å². The van der Waals surface area contributed by atoms with Crippen molar-refractivity contribution in [2.45, 2.75) is 185 Å². The Labute approximate surface area is 478 Å². The highest BCUT2D eigenvalue weighted by atomic mass is 32.2. The van der Waals surface area contributed by atoms with Gasteiger partial charge in [-0.3, -0.25) is 14.1 Å². The lowest BCUT2D eigenvalue weighted by Gasteiger charge is -2.30. The minimum Gasteiger partial charge on any atom is -0.456 e. The summed E-state index contributed by atoms with van der Waals surface area (Å²) in [6.07, 6.45) is 7.79. The molecule has 0 radical (unpaired) electrons. The number of nitrogens with one attached hydrogen (secondary N) is 3. The molecule has 15 heteroatoms. The number of sulfonamides is 1. The molecule has 0 spiro atoms. The number of fused-ring (bicyclic) bond motifs is 2. The van der Waals surface area contributed by atoms with Crippen molar-refractivity contribution in [2.75, 3.05) is 29.0 Å². The van der Waals surface area contributed by atoms with Crippen LogP contribution in [0.1, 0.15) is 167 Å². The third kappa shape index (κ3) is 15.4. The van der Waals surface area contributed by atoms with Crippen LogP contribution in [0.3, 0.4) is 0 Å². The monoisotopic (exact) mass is 1130 g/mol. The summed E-state index contributed by atoms with van der Waals surface area (Å²) in [5.41, 5.74) is 8.72. The number of carbonyl (C=O) groups is 2. The van der Waals surface area contributed by atoms with E-state index in [0.29, 0.717) is 64.4 Å². The lowest BCUT2D eigenvalue weighted by molar-refractivity contribution is -0.118. The minimum absolute atomic E-state index is 0.0837. The third-order valence-electron chi connectivity index (χ3n) is 15.2. The molecule has 4 aromatic carbocycles. The van der Waals surface area contributed by atoms with E-state index in [1.54, 1.807) is 40.7 Å². The number of amides is 2. The first-order chi connectivity index (χ1) is 37.4. The van der Waals surface area contributed by atoms with Crippen molar-refractivity contribution >= 4 is 71.4 Å². The first kappa shape index (κ1) is 63.3. The molecule has 2 unspecified atom stereocenters. The van der Waals surface area contributed by atoms with Gasteiger partial charge in [-0.05, 0) is 135 Å². The van der Waals surface area contributed by atoms with Crippen molar-refractivity contribution < 1.29 is 35.4 Å². The molecule has 13 nitrogen and oxygen atoms in total. The molecular formula is C65H89N5O8S2. The molecule has 2 amide bonds. The zero-order valence-corrected chi connectivity index (χ0v) is 52.1. The quantitative estimate of drug-likeness (QED) is 0.0358. The number of nitrogens with zero attached hydrogens (tertiary/aromatic N) is 2. The number of aryl methyl sites for hydroxylation is 4. The van der Waals surface area contributed by atoms with Crippen molar-refractivity contribution in [3.8, 4) is 22.5 Å². The molecule has 0 saturated carbocycles. The highest BCUT2D eigenvalue weighted by Crippen LogP contribution is 2.45. The van der Waals surface area contributed by atoms with Gasteiger partial charge in [0.2, 0.25) is 21.8 Å². The Morgan fingerprint density at radius 2 is 1.16 bits per heavy atom. The lowest BCUT2D eigenvalue weighted by Crippen LogP contribution is -2.40. The van der Waals surface area contributed by atoms with Crippen LogP contribution in [-0.2, 0) is 29.7 Å². The summed E-state index contributed by atoms with van der Waals surface area (Å²) in [5.74, 6) is 0.127. The summed E-state index contributed by atoms with van der Waals surface area (Å²) in [6.45, 7) is 32.8. The van der Waals surface area contributed by atoms with E-state index in [9.17, 15) is 22.6 Å². The normalized spacial score (nSPS) is 13.6. The van der Waals surface area contributed by atoms with Gasteiger partial charge in [0.05, 0.1) is 11.0 Å². The molecule has 434 valence electrons. The Morgan fingerprint density at radius 3 is 1.69 bits per heavy atom. The van der Waals surface area contributed by atoms with E-state index in [1.165, 1.54) is 12.1 Å². The number of rotatable bonds is 23. The highest BCUT2D eigenvalue weighted by Gasteiger charge is 2.34. The van der Waals surface area contributed by atoms with E-state index in [1.807, 2.05) is 101 Å². The molecular weight excluding hydrogens is 1040 g/mol. The largest absolute Gasteiger partial charge is 0.456 e. The summed E-state index contributed by atoms with van der Waals surface area (Å²) in [5, 5.41) is 10.4. The number of anilines is 4. The summed E-state index contributed by atoms with van der Waals surface area (Å²) in [4.78, 5) is 31.7. The smallest absolute Gasteiger partial charge is 0.295 e. The summed E-state index contributed by atoms with van der Waals surface area (Å²) >= 11 is 0. The Bertz CT molecular complexity index is 3500. The van der Waals surface area contributed by atoms with Crippen LogP contribution in [0, 0.1) is 64.2 Å². The van der Waals surface area contributed by atoms with Gasteiger partial charge >= 0.3 is 0 Å². The Balaban J connectivity index is 1.74. The molecule has 4 aromatic rings. The predicted octanol–water partition coefficient (Wildman–Crippen LogP) is 16.5. The third-order valence-corrected chi connectivity index (χ3v) is 18.0. The molecule has 1 aliphatic heterocycles. The van der Waals surface area contributed by atoms with Gasteiger partial charge in [0.1, 0.15) is 21.1 Å². The average molecular weight is 1130 g/mol. The van der Waals surface area contributed by atoms with Gasteiger partial charge < -0.3 is 20.4 Å². The molecule has 0 bridgehead atoms. The SMILES string of the molecule is CCCCC(CC)CN(CC(CC)CCCC)S(=O)(=O)c1cc2c(-c3ccccc3S(=O)(=O)O)c3ccc(Nc4c(C)cc(C)c(NC(=O)CC(C)(C)C)c4C)cc3oc-2cc1=Nc1c(C)cc(C)c(NC(=O)CC(C)(C)C)c1C. The summed E-state index contributed by atoms with van der Waals surface area (Å²) in [7, 11) is -9.26. The van der Waals surface area contributed by atoms with Gasteiger partial charge in [-0.2, -0.15) is 12.7 Å². The second-order valence-corrected chi connectivity index (χ2v) is 28.0. The standard InChI is InChI=1S/C65H89N5O8S2/c1-17-21-25-46(19-3)38-70(39-47(20-4)26-22-18-2)79(73,74)56-34-51-54(35-52(56)67-61-41(6)32-43(8)63(45(61)10)69-58(72)37-65(14,15)16)78-53-33-48(29-30-49(53)59(51)50-27-23-24-28-55(50)80(75,76)77)66-60-40(5)31-42(7)62(44(60)9)68-57(71)36-64(11,12)13/h23-24,27-35,46-47,66H,17-22,25-26,36-39H2,1-16H3,(H,68,71)(H,69,72)(H,75,76,77). The number of benzene rings is 5. The molecule has 1 heterocycles. The molecule has 4 N–H and O–H groups in total. The van der Waals surface area contributed by atoms with Crippen LogP contribution in [-0.4, -0.2) is 50.6 Å². The fraction of sp³-hybridized carbons (Fsp3) is 0.492. The van der Waals surface area contributed by atoms with Gasteiger partial charge in [-0.1, -0.05) is 138 Å². The van der Waals surface area contributed by atoms with Crippen LogP contribution >= 0.6 is 0 Å². The van der Waals surface area contributed by atoms with Crippen LogP contribution in [0.2, 0.25) is 0 Å². The first-order valence-corrected chi connectivity index (χ1v) is 31.5. The van der Waals surface area contributed by atoms with Gasteiger partial charge in [-0.15, -0.1) is 0 Å². The lowest BCUT2D eigenvalue weighted by atomic mass is 9.91. The van der Waals surface area contributed by atoms with Gasteiger partial charge in [0.25, 0.3) is 10.1 Å². The Morgan fingerprint density at radius 1 is 0.637 bits per heavy atom. The average Bonchev–Trinajstić information content (AvgIpc) is 3.51. The van der Waals surface area contributed by atoms with Crippen LogP contribution in [0.4, 0.5) is 28.4 Å². The van der Waals surface area contributed by atoms with Crippen molar-refractivity contribution in [3.05, 3.63) is 105 Å². The maximum Gasteiger partial charge on any atom is 0.295 e. The Hall–Kier alpha value is -5.87. The van der Waals surface area contributed by atoms with Crippen LogP contribution < -0.4 is 21.3 Å². The fourth-order valence-electron chi connectivity index (χ4n) is 11.0. The molecule has 2 atom stereocenters. The predicted molar refractivity (Wildman–Crippen MR) is 329 cm³/mol. The van der Waals surface area contributed by atoms with Crippen LogP contribution in [0.25, 0.3) is 33.4 Å². The number of unbranched alkanes of at least 4 members (excludes halogenated alkanes) is 2. The van der Waals surface area contributed by atoms with Crippen molar-refractivity contribution in [1.29, 1.82) is 0 Å². The summed E-state index contributed by atoms with van der Waals surface area (Å²) in [6, 6.07) is 18.7. The van der Waals surface area contributed by atoms with Crippen LogP contribution in [0.5, 0.6) is 0 Å². The number of hydrogen-bond acceptors (Lipinski definition) is 9. The number of carbonyl (C=O) groups excluding carboxylic acids is 2. The molecule has 1 aliphatic carbocycles. The van der Waals surface area contributed by atoms with E-state index in [-0.39, 0.29) is 72.9 Å². The molecule has 6 rings (SSSR count). The van der Waals surface area contributed by atoms with Gasteiger partial charge in [-0.25, -0.2) is 13.4 Å². The minimum atomic E-state index is -4.84. The molecule has 2 aliphatic rings. The maximum absolute atomic E-state index is 16.2. The topological polar surface area (TPSA) is 187 Å². The molecule has 0 fully saturated rings. The second kappa shape index (κ2) is 25.9. The molecule has 0 aromatic heterocycles. The van der Waals surface area contributed by atoms with E-state index < -0.39 is 20.1 Å². The van der Waals surface area contributed by atoms with E-state index in [2.05, 4.69) is 43.6 Å². The zero-order chi connectivity index (χ0) is 59.2. The zero-order valence-electron chi connectivity index (χ0n) is 50.5. The van der Waals surface area contributed by atoms with E-state index in [0.717, 1.165) is 84.9 Å². The summed E-state index contributed by atoms with van der Waals surface area (Å²) < 4.78 is 78.6. The van der Waals surface area contributed by atoms with Gasteiger partial charge in [0.15, 0.2) is 0 Å². The highest BCUT2D eigenvalue weighted by molar-refractivity contribution is 7.89. The van der Waals surface area contributed by atoms with E-state index >= 15 is 8.42 Å². The van der Waals surface area contributed by atoms with Crippen molar-refractivity contribution in [2.24, 2.45) is 27.7 Å².